The molecule has 1 heterocycles. The molecule has 0 radical (unpaired) electrons. The van der Waals surface area contributed by atoms with E-state index >= 15 is 0 Å². The third-order valence-corrected chi connectivity index (χ3v) is 4.17. The number of aryl methyl sites for hydroxylation is 1. The van der Waals surface area contributed by atoms with Crippen LogP contribution >= 0.6 is 0 Å². The number of hydrogen-bond acceptors (Lipinski definition) is 3. The minimum atomic E-state index is -0.468. The third kappa shape index (κ3) is 5.78. The molecule has 0 aliphatic carbocycles. The van der Waals surface area contributed by atoms with Gasteiger partial charge in [-0.1, -0.05) is 12.1 Å². The number of ether oxygens (including phenoxy) is 1. The molecule has 0 aromatic heterocycles. The second kappa shape index (κ2) is 7.97. The fraction of sp³-hybridized carbons (Fsp3) is 0.632. The molecule has 1 amide bonds. The molecule has 1 unspecified atom stereocenters. The molecule has 1 aliphatic heterocycles. The maximum atomic E-state index is 13.9. The van der Waals surface area contributed by atoms with Crippen LogP contribution < -0.4 is 5.32 Å². The van der Waals surface area contributed by atoms with Gasteiger partial charge in [0.15, 0.2) is 0 Å². The van der Waals surface area contributed by atoms with Crippen molar-refractivity contribution in [3.63, 3.8) is 0 Å². The quantitative estimate of drug-likeness (QED) is 0.907. The summed E-state index contributed by atoms with van der Waals surface area (Å²) in [4.78, 5) is 13.9. The van der Waals surface area contributed by atoms with Gasteiger partial charge in [-0.2, -0.15) is 0 Å². The smallest absolute Gasteiger partial charge is 0.410 e. The predicted molar refractivity (Wildman–Crippen MR) is 93.4 cm³/mol. The highest BCUT2D eigenvalue weighted by Crippen LogP contribution is 2.16. The van der Waals surface area contributed by atoms with E-state index in [0.717, 1.165) is 24.8 Å². The van der Waals surface area contributed by atoms with Crippen molar-refractivity contribution in [2.75, 3.05) is 13.1 Å². The van der Waals surface area contributed by atoms with Gasteiger partial charge in [0.25, 0.3) is 0 Å². The van der Waals surface area contributed by atoms with Crippen LogP contribution in [-0.2, 0) is 11.3 Å². The number of nitrogens with one attached hydrogen (secondary N) is 1. The molecule has 1 N–H and O–H groups in total. The topological polar surface area (TPSA) is 41.6 Å². The molecule has 1 aliphatic rings. The van der Waals surface area contributed by atoms with Crippen molar-refractivity contribution in [3.05, 3.63) is 35.1 Å². The first-order valence-electron chi connectivity index (χ1n) is 8.71. The summed E-state index contributed by atoms with van der Waals surface area (Å²) in [7, 11) is 0. The number of rotatable bonds is 3. The van der Waals surface area contributed by atoms with Gasteiger partial charge in [0.05, 0.1) is 0 Å². The highest BCUT2D eigenvalue weighted by Gasteiger charge is 2.25. The zero-order valence-electron chi connectivity index (χ0n) is 15.2. The first-order valence-corrected chi connectivity index (χ1v) is 8.71. The van der Waals surface area contributed by atoms with Gasteiger partial charge >= 0.3 is 6.09 Å². The van der Waals surface area contributed by atoms with Crippen molar-refractivity contribution < 1.29 is 13.9 Å². The van der Waals surface area contributed by atoms with Crippen molar-refractivity contribution in [3.8, 4) is 0 Å². The molecule has 134 valence electrons. The lowest BCUT2D eigenvalue weighted by Crippen LogP contribution is -2.38. The van der Waals surface area contributed by atoms with Crippen LogP contribution in [-0.4, -0.2) is 35.7 Å². The monoisotopic (exact) mass is 336 g/mol. The summed E-state index contributed by atoms with van der Waals surface area (Å²) < 4.78 is 19.3. The summed E-state index contributed by atoms with van der Waals surface area (Å²) in [6.07, 6.45) is 2.51. The number of likely N-dealkylation sites (tertiary alicyclic amines) is 1. The summed E-state index contributed by atoms with van der Waals surface area (Å²) in [6, 6.07) is 5.62. The molecule has 5 heteroatoms. The van der Waals surface area contributed by atoms with Crippen LogP contribution in [0.15, 0.2) is 18.2 Å². The first kappa shape index (κ1) is 18.7. The molecule has 1 saturated heterocycles. The molecule has 24 heavy (non-hydrogen) atoms. The summed E-state index contributed by atoms with van der Waals surface area (Å²) in [5.41, 5.74) is 1.15. The number of hydrogen-bond donors (Lipinski definition) is 1. The number of carbonyl (C=O) groups excluding carboxylic acids is 1. The Hall–Kier alpha value is -1.62. The Labute approximate surface area is 144 Å². The number of nitrogens with zero attached hydrogens (tertiary/aromatic N) is 1. The molecule has 1 aromatic carbocycles. The van der Waals surface area contributed by atoms with Gasteiger partial charge in [-0.05, 0) is 58.6 Å². The Morgan fingerprint density at radius 2 is 2.08 bits per heavy atom. The maximum absolute atomic E-state index is 13.9. The van der Waals surface area contributed by atoms with Gasteiger partial charge < -0.3 is 15.0 Å². The maximum Gasteiger partial charge on any atom is 0.410 e. The second-order valence-electron chi connectivity index (χ2n) is 7.57. The normalized spacial score (nSPS) is 19.0. The Morgan fingerprint density at radius 1 is 1.33 bits per heavy atom. The molecule has 1 aromatic rings. The molecule has 0 bridgehead atoms. The minimum Gasteiger partial charge on any atom is -0.444 e. The van der Waals surface area contributed by atoms with Crippen LogP contribution in [0.2, 0.25) is 0 Å². The van der Waals surface area contributed by atoms with E-state index in [-0.39, 0.29) is 18.0 Å². The van der Waals surface area contributed by atoms with E-state index in [1.807, 2.05) is 39.8 Å². The van der Waals surface area contributed by atoms with Crippen molar-refractivity contribution in [2.45, 2.75) is 65.1 Å². The highest BCUT2D eigenvalue weighted by atomic mass is 19.1. The Bertz CT molecular complexity index is 569. The van der Waals surface area contributed by atoms with Crippen molar-refractivity contribution in [1.29, 1.82) is 0 Å². The van der Waals surface area contributed by atoms with Crippen LogP contribution in [0.25, 0.3) is 0 Å². The average molecular weight is 336 g/mol. The van der Waals surface area contributed by atoms with Gasteiger partial charge in [0.1, 0.15) is 11.4 Å². The summed E-state index contributed by atoms with van der Waals surface area (Å²) in [6.45, 7) is 9.42. The molecule has 2 rings (SSSR count). The van der Waals surface area contributed by atoms with Crippen LogP contribution in [0.5, 0.6) is 0 Å². The van der Waals surface area contributed by atoms with Gasteiger partial charge in [-0.15, -0.1) is 0 Å². The van der Waals surface area contributed by atoms with E-state index in [0.29, 0.717) is 25.2 Å². The lowest BCUT2D eigenvalue weighted by Gasteiger charge is -2.26. The van der Waals surface area contributed by atoms with Gasteiger partial charge in [-0.3, -0.25) is 0 Å². The molecular weight excluding hydrogens is 307 g/mol. The Balaban J connectivity index is 1.83. The van der Waals surface area contributed by atoms with E-state index in [2.05, 4.69) is 5.32 Å². The lowest BCUT2D eigenvalue weighted by molar-refractivity contribution is 0.0256. The third-order valence-electron chi connectivity index (χ3n) is 4.17. The van der Waals surface area contributed by atoms with E-state index in [1.54, 1.807) is 11.0 Å². The Morgan fingerprint density at radius 3 is 2.75 bits per heavy atom. The summed E-state index contributed by atoms with van der Waals surface area (Å²) in [5.74, 6) is -0.161. The molecular formula is C19H29FN2O2. The van der Waals surface area contributed by atoms with Crippen molar-refractivity contribution in [2.24, 2.45) is 0 Å². The fourth-order valence-corrected chi connectivity index (χ4v) is 2.86. The number of carbonyl (C=O) groups is 1. The summed E-state index contributed by atoms with van der Waals surface area (Å²) in [5, 5.41) is 3.43. The predicted octanol–water partition coefficient (Wildman–Crippen LogP) is 4.01. The fourth-order valence-electron chi connectivity index (χ4n) is 2.86. The number of halogens is 1. The first-order chi connectivity index (χ1) is 11.2. The standard InChI is InChI=1S/C19H29FN2O2/c1-14-7-8-15(17(20)12-14)13-21-16-6-5-10-22(11-9-16)18(23)24-19(2,3)4/h7-8,12,16,21H,5-6,9-11,13H2,1-4H3. The second-order valence-corrected chi connectivity index (χ2v) is 7.57. The lowest BCUT2D eigenvalue weighted by atomic mass is 10.1. The molecule has 1 fully saturated rings. The van der Waals surface area contributed by atoms with E-state index in [9.17, 15) is 9.18 Å². The van der Waals surface area contributed by atoms with Gasteiger partial charge in [0, 0.05) is 31.2 Å². The largest absolute Gasteiger partial charge is 0.444 e. The van der Waals surface area contributed by atoms with E-state index < -0.39 is 5.60 Å². The molecule has 0 saturated carbocycles. The number of amides is 1. The van der Waals surface area contributed by atoms with E-state index in [1.165, 1.54) is 0 Å². The molecule has 4 nitrogen and oxygen atoms in total. The highest BCUT2D eigenvalue weighted by molar-refractivity contribution is 5.68. The van der Waals surface area contributed by atoms with Crippen LogP contribution in [0.1, 0.15) is 51.2 Å². The van der Waals surface area contributed by atoms with Crippen molar-refractivity contribution in [1.82, 2.24) is 10.2 Å². The Kier molecular flexibility index (Phi) is 6.21. The minimum absolute atomic E-state index is 0.161. The van der Waals surface area contributed by atoms with E-state index in [4.69, 9.17) is 4.74 Å². The van der Waals surface area contributed by atoms with Gasteiger partial charge in [-0.25, -0.2) is 9.18 Å². The average Bonchev–Trinajstić information content (AvgIpc) is 2.70. The van der Waals surface area contributed by atoms with Crippen LogP contribution in [0.3, 0.4) is 0 Å². The SMILES string of the molecule is Cc1ccc(CNC2CCCN(C(=O)OC(C)(C)C)CC2)c(F)c1. The zero-order chi connectivity index (χ0) is 17.7. The molecule has 0 spiro atoms. The van der Waals surface area contributed by atoms with Crippen molar-refractivity contribution >= 4 is 6.09 Å². The number of benzene rings is 1. The van der Waals surface area contributed by atoms with Crippen LogP contribution in [0.4, 0.5) is 9.18 Å². The molecule has 1 atom stereocenters. The van der Waals surface area contributed by atoms with Gasteiger partial charge in [0.2, 0.25) is 0 Å². The van der Waals surface area contributed by atoms with Crippen LogP contribution in [0, 0.1) is 12.7 Å². The summed E-state index contributed by atoms with van der Waals surface area (Å²) >= 11 is 0. The zero-order valence-corrected chi connectivity index (χ0v) is 15.2.